The third kappa shape index (κ3) is 2.66. The molecule has 0 heterocycles. The Morgan fingerprint density at radius 1 is 1.21 bits per heavy atom. The Balaban J connectivity index is 2.42. The summed E-state index contributed by atoms with van der Waals surface area (Å²) in [5.74, 6) is -1.39. The van der Waals surface area contributed by atoms with Crippen molar-refractivity contribution >= 4 is 0 Å². The molecule has 1 nitrogen and oxygen atoms in total. The third-order valence-corrected chi connectivity index (χ3v) is 4.47. The summed E-state index contributed by atoms with van der Waals surface area (Å²) in [6.45, 7) is 6.55. The second-order valence-corrected chi connectivity index (χ2v) is 5.95. The van der Waals surface area contributed by atoms with Gasteiger partial charge in [-0.2, -0.15) is 0 Å². The van der Waals surface area contributed by atoms with Gasteiger partial charge in [-0.25, -0.2) is 8.78 Å². The smallest absolute Gasteiger partial charge is 0.163 e. The van der Waals surface area contributed by atoms with E-state index in [9.17, 15) is 8.78 Å². The minimum atomic E-state index is -0.706. The molecule has 0 amide bonds. The maximum Gasteiger partial charge on any atom is 0.163 e. The third-order valence-electron chi connectivity index (χ3n) is 4.47. The molecule has 19 heavy (non-hydrogen) atoms. The number of nitrogens with one attached hydrogen (secondary N) is 1. The van der Waals surface area contributed by atoms with Crippen molar-refractivity contribution in [3.05, 3.63) is 34.9 Å². The molecule has 0 bridgehead atoms. The quantitative estimate of drug-likeness (QED) is 0.846. The number of rotatable bonds is 4. The predicted octanol–water partition coefficient (Wildman–Crippen LogP) is 4.50. The van der Waals surface area contributed by atoms with Gasteiger partial charge in [0.2, 0.25) is 0 Å². The summed E-state index contributed by atoms with van der Waals surface area (Å²) in [6.07, 6.45) is 4.49. The van der Waals surface area contributed by atoms with Gasteiger partial charge in [0.25, 0.3) is 0 Å². The summed E-state index contributed by atoms with van der Waals surface area (Å²) in [6, 6.07) is 3.32. The van der Waals surface area contributed by atoms with E-state index in [0.717, 1.165) is 19.4 Å². The van der Waals surface area contributed by atoms with Crippen LogP contribution in [0.3, 0.4) is 0 Å². The number of benzene rings is 1. The first-order valence-electron chi connectivity index (χ1n) is 7.17. The number of halogens is 2. The molecule has 1 aromatic carbocycles. The maximum atomic E-state index is 14.2. The fourth-order valence-corrected chi connectivity index (χ4v) is 3.29. The Morgan fingerprint density at radius 2 is 1.84 bits per heavy atom. The van der Waals surface area contributed by atoms with Crippen LogP contribution in [0.15, 0.2) is 12.1 Å². The molecule has 0 aliphatic heterocycles. The number of hydrogen-bond acceptors (Lipinski definition) is 1. The molecule has 0 saturated heterocycles. The molecule has 1 aliphatic carbocycles. The van der Waals surface area contributed by atoms with Gasteiger partial charge < -0.3 is 5.32 Å². The lowest BCUT2D eigenvalue weighted by Gasteiger charge is -2.35. The molecule has 1 atom stereocenters. The largest absolute Gasteiger partial charge is 0.310 e. The molecule has 1 N–H and O–H groups in total. The van der Waals surface area contributed by atoms with Crippen molar-refractivity contribution in [3.8, 4) is 0 Å². The summed E-state index contributed by atoms with van der Waals surface area (Å²) in [4.78, 5) is 0. The Kier molecular flexibility index (Phi) is 4.24. The zero-order chi connectivity index (χ0) is 14.0. The minimum absolute atomic E-state index is 0.0263. The van der Waals surface area contributed by atoms with Gasteiger partial charge in [-0.05, 0) is 37.3 Å². The molecule has 0 radical (unpaired) electrons. The van der Waals surface area contributed by atoms with Crippen molar-refractivity contribution in [3.63, 3.8) is 0 Å². The first-order valence-corrected chi connectivity index (χ1v) is 7.17. The lowest BCUT2D eigenvalue weighted by atomic mass is 9.77. The van der Waals surface area contributed by atoms with Gasteiger partial charge in [-0.3, -0.25) is 0 Å². The normalized spacial score (nSPS) is 19.6. The molecular formula is C16H23F2N. The summed E-state index contributed by atoms with van der Waals surface area (Å²) in [7, 11) is 0. The first kappa shape index (κ1) is 14.4. The molecular weight excluding hydrogens is 244 g/mol. The Labute approximate surface area is 114 Å². The van der Waals surface area contributed by atoms with Crippen LogP contribution < -0.4 is 5.32 Å². The van der Waals surface area contributed by atoms with E-state index < -0.39 is 11.6 Å². The van der Waals surface area contributed by atoms with Crippen LogP contribution in [-0.4, -0.2) is 6.54 Å². The molecule has 0 spiro atoms. The highest BCUT2D eigenvalue weighted by atomic mass is 19.2. The summed E-state index contributed by atoms with van der Waals surface area (Å²) in [5, 5.41) is 3.36. The highest BCUT2D eigenvalue weighted by Crippen LogP contribution is 2.47. The highest BCUT2D eigenvalue weighted by molar-refractivity contribution is 5.29. The van der Waals surface area contributed by atoms with Crippen LogP contribution in [-0.2, 0) is 0 Å². The van der Waals surface area contributed by atoms with Gasteiger partial charge in [0.1, 0.15) is 0 Å². The lowest BCUT2D eigenvalue weighted by Crippen LogP contribution is -2.35. The van der Waals surface area contributed by atoms with Crippen molar-refractivity contribution in [1.29, 1.82) is 0 Å². The second kappa shape index (κ2) is 5.58. The van der Waals surface area contributed by atoms with E-state index in [4.69, 9.17) is 0 Å². The molecule has 106 valence electrons. The highest BCUT2D eigenvalue weighted by Gasteiger charge is 2.39. The van der Waals surface area contributed by atoms with E-state index >= 15 is 0 Å². The van der Waals surface area contributed by atoms with Gasteiger partial charge in [0.15, 0.2) is 11.6 Å². The monoisotopic (exact) mass is 267 g/mol. The molecule has 1 unspecified atom stereocenters. The molecule has 3 heteroatoms. The van der Waals surface area contributed by atoms with E-state index in [0.29, 0.717) is 11.1 Å². The van der Waals surface area contributed by atoms with Crippen LogP contribution in [0.2, 0.25) is 0 Å². The van der Waals surface area contributed by atoms with Gasteiger partial charge in [0.05, 0.1) is 0 Å². The van der Waals surface area contributed by atoms with E-state index in [-0.39, 0.29) is 11.5 Å². The molecule has 0 aromatic heterocycles. The Hall–Kier alpha value is -0.960. The SMILES string of the molecule is CCNC(c1ccc(C)c(F)c1F)C1(C)CCCC1. The standard InChI is InChI=1S/C16H23F2N/c1-4-19-15(16(3)9-5-6-10-16)12-8-7-11(2)13(17)14(12)18/h7-8,15,19H,4-6,9-10H2,1-3H3. The van der Waals surface area contributed by atoms with Crippen LogP contribution in [0.1, 0.15) is 56.7 Å². The van der Waals surface area contributed by atoms with Gasteiger partial charge in [0, 0.05) is 11.6 Å². The fourth-order valence-electron chi connectivity index (χ4n) is 3.29. The molecule has 1 fully saturated rings. The topological polar surface area (TPSA) is 12.0 Å². The molecule has 1 saturated carbocycles. The number of aryl methyl sites for hydroxylation is 1. The second-order valence-electron chi connectivity index (χ2n) is 5.95. The van der Waals surface area contributed by atoms with Crippen molar-refractivity contribution in [2.45, 2.75) is 52.5 Å². The van der Waals surface area contributed by atoms with Gasteiger partial charge in [-0.15, -0.1) is 0 Å². The average molecular weight is 267 g/mol. The zero-order valence-corrected chi connectivity index (χ0v) is 12.0. The van der Waals surface area contributed by atoms with Crippen molar-refractivity contribution in [2.24, 2.45) is 5.41 Å². The minimum Gasteiger partial charge on any atom is -0.310 e. The zero-order valence-electron chi connectivity index (χ0n) is 12.0. The van der Waals surface area contributed by atoms with Crippen LogP contribution in [0.25, 0.3) is 0 Å². The maximum absolute atomic E-state index is 14.2. The Bertz CT molecular complexity index is 450. The van der Waals surface area contributed by atoms with E-state index in [1.807, 2.05) is 6.92 Å². The van der Waals surface area contributed by atoms with Gasteiger partial charge in [-0.1, -0.05) is 38.8 Å². The van der Waals surface area contributed by atoms with Gasteiger partial charge >= 0.3 is 0 Å². The summed E-state index contributed by atoms with van der Waals surface area (Å²) >= 11 is 0. The number of hydrogen-bond donors (Lipinski definition) is 1. The van der Waals surface area contributed by atoms with E-state index in [1.54, 1.807) is 19.1 Å². The van der Waals surface area contributed by atoms with Crippen molar-refractivity contribution in [2.75, 3.05) is 6.54 Å². The Morgan fingerprint density at radius 3 is 2.42 bits per heavy atom. The average Bonchev–Trinajstić information content (AvgIpc) is 2.82. The van der Waals surface area contributed by atoms with Crippen LogP contribution in [0.4, 0.5) is 8.78 Å². The van der Waals surface area contributed by atoms with Crippen LogP contribution in [0, 0.1) is 24.0 Å². The van der Waals surface area contributed by atoms with E-state index in [1.165, 1.54) is 12.8 Å². The van der Waals surface area contributed by atoms with E-state index in [2.05, 4.69) is 12.2 Å². The first-order chi connectivity index (χ1) is 8.99. The molecule has 2 rings (SSSR count). The fraction of sp³-hybridized carbons (Fsp3) is 0.625. The molecule has 1 aliphatic rings. The van der Waals surface area contributed by atoms with Crippen molar-refractivity contribution < 1.29 is 8.78 Å². The lowest BCUT2D eigenvalue weighted by molar-refractivity contribution is 0.220. The predicted molar refractivity (Wildman–Crippen MR) is 74.1 cm³/mol. The van der Waals surface area contributed by atoms with Crippen molar-refractivity contribution in [1.82, 2.24) is 5.32 Å². The summed E-state index contributed by atoms with van der Waals surface area (Å²) in [5.41, 5.74) is 0.876. The van der Waals surface area contributed by atoms with Crippen LogP contribution >= 0.6 is 0 Å². The summed E-state index contributed by atoms with van der Waals surface area (Å²) < 4.78 is 28.0. The molecule has 1 aromatic rings. The van der Waals surface area contributed by atoms with Crippen LogP contribution in [0.5, 0.6) is 0 Å².